The number of alkyl halides is 3. The van der Waals surface area contributed by atoms with Gasteiger partial charge in [0.05, 0.1) is 0 Å². The maximum absolute atomic E-state index is 10.9. The quantitative estimate of drug-likeness (QED) is 0.429. The smallest absolute Gasteiger partial charge is 0.248 e. The Labute approximate surface area is 85.3 Å². The second-order valence-corrected chi connectivity index (χ2v) is 4.57. The van der Waals surface area contributed by atoms with Crippen LogP contribution in [0.1, 0.15) is 6.92 Å². The Morgan fingerprint density at radius 2 is 2.00 bits per heavy atom. The van der Waals surface area contributed by atoms with Gasteiger partial charge < -0.3 is 10.4 Å². The van der Waals surface area contributed by atoms with Crippen LogP contribution in [-0.4, -0.2) is 21.0 Å². The van der Waals surface area contributed by atoms with Crippen LogP contribution in [0.4, 0.5) is 0 Å². The van der Waals surface area contributed by atoms with Crippen molar-refractivity contribution in [3.63, 3.8) is 0 Å². The lowest BCUT2D eigenvalue weighted by atomic mass is 10.3. The highest BCUT2D eigenvalue weighted by Gasteiger charge is 2.31. The maximum atomic E-state index is 10.9. The van der Waals surface area contributed by atoms with Crippen LogP contribution in [0.5, 0.6) is 0 Å². The van der Waals surface area contributed by atoms with Crippen LogP contribution in [0, 0.1) is 0 Å². The summed E-state index contributed by atoms with van der Waals surface area (Å²) in [6.07, 6.45) is -1.54. The van der Waals surface area contributed by atoms with Crippen molar-refractivity contribution in [2.75, 3.05) is 0 Å². The first kappa shape index (κ1) is 12.0. The molecule has 0 fully saturated rings. The second kappa shape index (κ2) is 4.33. The van der Waals surface area contributed by atoms with Gasteiger partial charge in [0.1, 0.15) is 0 Å². The molecule has 0 aliphatic rings. The molecule has 1 amide bonds. The third-order valence-corrected chi connectivity index (χ3v) is 1.59. The molecule has 0 aliphatic carbocycles. The van der Waals surface area contributed by atoms with Crippen LogP contribution in [0.15, 0.2) is 12.2 Å². The van der Waals surface area contributed by atoms with Crippen LogP contribution in [0.3, 0.4) is 0 Å². The Hall–Kier alpha value is 0.0400. The van der Waals surface area contributed by atoms with Gasteiger partial charge in [0, 0.05) is 5.57 Å². The molecule has 2 N–H and O–H groups in total. The predicted octanol–water partition coefficient (Wildman–Crippen LogP) is 1.37. The Kier molecular flexibility index (Phi) is 4.34. The van der Waals surface area contributed by atoms with E-state index in [-0.39, 0.29) is 5.57 Å². The zero-order valence-electron chi connectivity index (χ0n) is 6.27. The Balaban J connectivity index is 4.11. The summed E-state index contributed by atoms with van der Waals surface area (Å²) in [5.74, 6) is -0.561. The van der Waals surface area contributed by atoms with Crippen molar-refractivity contribution in [2.45, 2.75) is 16.9 Å². The molecule has 0 saturated heterocycles. The Bertz CT molecular complexity index is 199. The van der Waals surface area contributed by atoms with Gasteiger partial charge in [0.25, 0.3) is 0 Å². The molecule has 12 heavy (non-hydrogen) atoms. The van der Waals surface area contributed by atoms with Gasteiger partial charge in [-0.3, -0.25) is 4.79 Å². The van der Waals surface area contributed by atoms with Crippen molar-refractivity contribution in [2.24, 2.45) is 0 Å². The van der Waals surface area contributed by atoms with Gasteiger partial charge in [0.2, 0.25) is 9.70 Å². The van der Waals surface area contributed by atoms with Crippen LogP contribution in [0.2, 0.25) is 0 Å². The highest BCUT2D eigenvalue weighted by molar-refractivity contribution is 6.68. The van der Waals surface area contributed by atoms with Crippen LogP contribution in [0.25, 0.3) is 0 Å². The molecule has 0 aromatic carbocycles. The summed E-state index contributed by atoms with van der Waals surface area (Å²) in [6, 6.07) is 0. The van der Waals surface area contributed by atoms with Crippen molar-refractivity contribution in [1.82, 2.24) is 5.32 Å². The number of carbonyl (C=O) groups is 1. The molecule has 0 saturated carbocycles. The Morgan fingerprint density at radius 3 is 2.25 bits per heavy atom. The van der Waals surface area contributed by atoms with Crippen LogP contribution < -0.4 is 5.32 Å². The highest BCUT2D eigenvalue weighted by atomic mass is 35.6. The molecule has 0 rings (SSSR count). The van der Waals surface area contributed by atoms with Crippen molar-refractivity contribution >= 4 is 40.7 Å². The van der Waals surface area contributed by atoms with Gasteiger partial charge in [-0.05, 0) is 6.92 Å². The van der Waals surface area contributed by atoms with Gasteiger partial charge >= 0.3 is 0 Å². The molecule has 0 bridgehead atoms. The van der Waals surface area contributed by atoms with E-state index in [1.807, 2.05) is 5.32 Å². The van der Waals surface area contributed by atoms with Crippen molar-refractivity contribution in [1.29, 1.82) is 0 Å². The average Bonchev–Trinajstić information content (AvgIpc) is 1.85. The number of amides is 1. The van der Waals surface area contributed by atoms with Gasteiger partial charge in [-0.15, -0.1) is 0 Å². The molecule has 3 nitrogen and oxygen atoms in total. The Morgan fingerprint density at radius 1 is 1.58 bits per heavy atom. The third kappa shape index (κ3) is 4.16. The largest absolute Gasteiger partial charge is 0.369 e. The number of carbonyl (C=O) groups excluding carboxylic acids is 1. The first-order valence-corrected chi connectivity index (χ1v) is 4.09. The zero-order chi connectivity index (χ0) is 9.94. The molecule has 0 aromatic heterocycles. The number of aliphatic hydroxyl groups excluding tert-OH is 1. The maximum Gasteiger partial charge on any atom is 0.248 e. The van der Waals surface area contributed by atoms with E-state index < -0.39 is 15.9 Å². The average molecular weight is 232 g/mol. The number of aliphatic hydroxyl groups is 1. The lowest BCUT2D eigenvalue weighted by molar-refractivity contribution is -0.120. The normalized spacial score (nSPS) is 13.8. The molecule has 0 aromatic rings. The minimum Gasteiger partial charge on any atom is -0.369 e. The summed E-state index contributed by atoms with van der Waals surface area (Å²) in [4.78, 5) is 10.9. The molecule has 0 heterocycles. The van der Waals surface area contributed by atoms with E-state index in [1.165, 1.54) is 6.92 Å². The monoisotopic (exact) mass is 231 g/mol. The highest BCUT2D eigenvalue weighted by Crippen LogP contribution is 2.28. The minimum atomic E-state index is -1.93. The molecule has 0 radical (unpaired) electrons. The zero-order valence-corrected chi connectivity index (χ0v) is 8.54. The topological polar surface area (TPSA) is 49.3 Å². The van der Waals surface area contributed by atoms with Crippen molar-refractivity contribution in [3.8, 4) is 0 Å². The molecule has 1 unspecified atom stereocenters. The minimum absolute atomic E-state index is 0.225. The number of nitrogens with one attached hydrogen (secondary N) is 1. The SMILES string of the molecule is C=C(C)C(=O)NC(O)C(Cl)(Cl)Cl. The first-order chi connectivity index (χ1) is 5.25. The van der Waals surface area contributed by atoms with Gasteiger partial charge in [-0.2, -0.15) is 0 Å². The second-order valence-electron chi connectivity index (χ2n) is 2.20. The van der Waals surface area contributed by atoms with Crippen molar-refractivity contribution in [3.05, 3.63) is 12.2 Å². The van der Waals surface area contributed by atoms with Crippen molar-refractivity contribution < 1.29 is 9.90 Å². The number of hydrogen-bond donors (Lipinski definition) is 2. The fraction of sp³-hybridized carbons (Fsp3) is 0.500. The molecular weight excluding hydrogens is 224 g/mol. The first-order valence-electron chi connectivity index (χ1n) is 2.96. The fourth-order valence-corrected chi connectivity index (χ4v) is 0.493. The molecule has 0 spiro atoms. The van der Waals surface area contributed by atoms with E-state index in [1.54, 1.807) is 0 Å². The lowest BCUT2D eigenvalue weighted by Crippen LogP contribution is -2.43. The molecular formula is C6H8Cl3NO2. The van der Waals surface area contributed by atoms with E-state index in [0.29, 0.717) is 0 Å². The number of halogens is 3. The summed E-state index contributed by atoms with van der Waals surface area (Å²) in [5.41, 5.74) is 0.225. The molecule has 1 atom stereocenters. The van der Waals surface area contributed by atoms with Crippen LogP contribution >= 0.6 is 34.8 Å². The third-order valence-electron chi connectivity index (χ3n) is 0.965. The number of hydrogen-bond acceptors (Lipinski definition) is 2. The summed E-state index contributed by atoms with van der Waals surface area (Å²) in [5, 5.41) is 11.1. The summed E-state index contributed by atoms with van der Waals surface area (Å²) >= 11 is 15.8. The summed E-state index contributed by atoms with van der Waals surface area (Å²) < 4.78 is -1.93. The predicted molar refractivity (Wildman–Crippen MR) is 49.3 cm³/mol. The fourth-order valence-electron chi connectivity index (χ4n) is 0.329. The standard InChI is InChI=1S/C6H8Cl3NO2/c1-3(2)4(11)10-5(12)6(7,8)9/h5,12H,1H2,2H3,(H,10,11). The van der Waals surface area contributed by atoms with E-state index >= 15 is 0 Å². The summed E-state index contributed by atoms with van der Waals surface area (Å²) in [6.45, 7) is 4.81. The number of rotatable bonds is 2. The van der Waals surface area contributed by atoms with E-state index in [4.69, 9.17) is 39.9 Å². The van der Waals surface area contributed by atoms with E-state index in [0.717, 1.165) is 0 Å². The lowest BCUT2D eigenvalue weighted by Gasteiger charge is -2.19. The van der Waals surface area contributed by atoms with Gasteiger partial charge in [0.15, 0.2) is 6.23 Å². The van der Waals surface area contributed by atoms with Crippen LogP contribution in [-0.2, 0) is 4.79 Å². The molecule has 0 aliphatic heterocycles. The van der Waals surface area contributed by atoms with Gasteiger partial charge in [-0.1, -0.05) is 41.4 Å². The molecule has 6 heteroatoms. The van der Waals surface area contributed by atoms with Gasteiger partial charge in [-0.25, -0.2) is 0 Å². The summed E-state index contributed by atoms with van der Waals surface area (Å²) in [7, 11) is 0. The van der Waals surface area contributed by atoms with E-state index in [2.05, 4.69) is 6.58 Å². The van der Waals surface area contributed by atoms with E-state index in [9.17, 15) is 4.79 Å². The molecule has 70 valence electrons.